The summed E-state index contributed by atoms with van der Waals surface area (Å²) >= 11 is 5.02. The Hall–Kier alpha value is -1.20. The van der Waals surface area contributed by atoms with Gasteiger partial charge in [-0.15, -0.1) is 11.8 Å². The number of aromatic amines is 1. The first-order valence-electron chi connectivity index (χ1n) is 5.58. The Morgan fingerprint density at radius 2 is 2.22 bits per heavy atom. The predicted molar refractivity (Wildman–Crippen MR) is 79.3 cm³/mol. The smallest absolute Gasteiger partial charge is 0.272 e. The number of nitrogens with one attached hydrogen (secondary N) is 2. The number of rotatable bonds is 4. The average molecular weight is 325 g/mol. The van der Waals surface area contributed by atoms with Crippen LogP contribution in [0.4, 0.5) is 5.69 Å². The highest BCUT2D eigenvalue weighted by molar-refractivity contribution is 9.10. The van der Waals surface area contributed by atoms with Crippen LogP contribution in [0.5, 0.6) is 0 Å². The second-order valence-electron chi connectivity index (χ2n) is 3.61. The van der Waals surface area contributed by atoms with Gasteiger partial charge < -0.3 is 10.3 Å². The van der Waals surface area contributed by atoms with Crippen molar-refractivity contribution in [2.45, 2.75) is 11.8 Å². The number of benzene rings is 1. The van der Waals surface area contributed by atoms with Gasteiger partial charge >= 0.3 is 0 Å². The Kier molecular flexibility index (Phi) is 4.49. The van der Waals surface area contributed by atoms with E-state index in [0.717, 1.165) is 20.8 Å². The fraction of sp³-hybridized carbons (Fsp3) is 0.154. The lowest BCUT2D eigenvalue weighted by atomic mass is 10.3. The molecule has 18 heavy (non-hydrogen) atoms. The number of aromatic nitrogens is 1. The van der Waals surface area contributed by atoms with Crippen LogP contribution in [0.25, 0.3) is 0 Å². The third kappa shape index (κ3) is 3.17. The molecule has 0 aliphatic rings. The third-order valence-corrected chi connectivity index (χ3v) is 3.74. The molecular weight excluding hydrogens is 312 g/mol. The lowest BCUT2D eigenvalue weighted by molar-refractivity contribution is 0.102. The quantitative estimate of drug-likeness (QED) is 0.830. The molecule has 2 N–H and O–H groups in total. The van der Waals surface area contributed by atoms with Gasteiger partial charge in [-0.05, 0) is 39.9 Å². The third-order valence-electron chi connectivity index (χ3n) is 2.33. The minimum atomic E-state index is -0.134. The van der Waals surface area contributed by atoms with Gasteiger partial charge in [0, 0.05) is 15.6 Å². The number of hydrogen-bond donors (Lipinski definition) is 2. The fourth-order valence-corrected chi connectivity index (χ4v) is 2.64. The van der Waals surface area contributed by atoms with Crippen molar-refractivity contribution in [2.75, 3.05) is 11.1 Å². The molecule has 1 aromatic heterocycles. The van der Waals surface area contributed by atoms with Crippen molar-refractivity contribution in [1.82, 2.24) is 4.98 Å². The van der Waals surface area contributed by atoms with Crippen LogP contribution in [0, 0.1) is 0 Å². The maximum absolute atomic E-state index is 12.0. The zero-order valence-corrected chi connectivity index (χ0v) is 12.3. The number of amides is 1. The first-order valence-corrected chi connectivity index (χ1v) is 7.35. The Morgan fingerprint density at radius 3 is 2.89 bits per heavy atom. The number of carbonyl (C=O) groups is 1. The van der Waals surface area contributed by atoms with Gasteiger partial charge in [0.25, 0.3) is 5.91 Å². The van der Waals surface area contributed by atoms with Crippen molar-refractivity contribution in [1.29, 1.82) is 0 Å². The summed E-state index contributed by atoms with van der Waals surface area (Å²) in [5.74, 6) is 0.839. The van der Waals surface area contributed by atoms with Gasteiger partial charge in [0.15, 0.2) is 0 Å². The van der Waals surface area contributed by atoms with E-state index in [-0.39, 0.29) is 5.91 Å². The molecule has 0 saturated carbocycles. The second kappa shape index (κ2) is 6.11. The first-order chi connectivity index (χ1) is 8.70. The number of anilines is 1. The molecule has 0 spiro atoms. The standard InChI is InChI=1S/C13H13BrN2OS/c1-2-18-12-6-4-3-5-10(12)16-13(17)11-7-9(14)8-15-11/h3-8,15H,2H2,1H3,(H,16,17). The van der Waals surface area contributed by atoms with Gasteiger partial charge in [-0.25, -0.2) is 0 Å². The van der Waals surface area contributed by atoms with Gasteiger partial charge in [-0.2, -0.15) is 0 Å². The molecule has 94 valence electrons. The summed E-state index contributed by atoms with van der Waals surface area (Å²) in [5, 5.41) is 2.91. The van der Waals surface area contributed by atoms with Gasteiger partial charge in [0.05, 0.1) is 5.69 Å². The molecule has 0 radical (unpaired) electrons. The molecule has 0 aliphatic heterocycles. The van der Waals surface area contributed by atoms with Gasteiger partial charge in [0.1, 0.15) is 5.69 Å². The van der Waals surface area contributed by atoms with Crippen molar-refractivity contribution in [3.63, 3.8) is 0 Å². The van der Waals surface area contributed by atoms with Crippen molar-refractivity contribution in [2.24, 2.45) is 0 Å². The van der Waals surface area contributed by atoms with Crippen molar-refractivity contribution in [3.05, 3.63) is 46.7 Å². The van der Waals surface area contributed by atoms with Gasteiger partial charge in [-0.3, -0.25) is 4.79 Å². The molecule has 0 fully saturated rings. The molecular formula is C13H13BrN2OS. The SMILES string of the molecule is CCSc1ccccc1NC(=O)c1cc(Br)c[nH]1. The molecule has 1 amide bonds. The van der Waals surface area contributed by atoms with E-state index in [0.29, 0.717) is 5.69 Å². The van der Waals surface area contributed by atoms with Crippen molar-refractivity contribution >= 4 is 39.3 Å². The molecule has 0 atom stereocenters. The number of para-hydroxylation sites is 1. The molecule has 1 heterocycles. The molecule has 0 bridgehead atoms. The minimum Gasteiger partial charge on any atom is -0.356 e. The van der Waals surface area contributed by atoms with E-state index in [2.05, 4.69) is 33.2 Å². The lowest BCUT2D eigenvalue weighted by Crippen LogP contribution is -2.12. The number of carbonyl (C=O) groups excluding carboxylic acids is 1. The van der Waals surface area contributed by atoms with Gasteiger partial charge in [0.2, 0.25) is 0 Å². The summed E-state index contributed by atoms with van der Waals surface area (Å²) < 4.78 is 0.865. The Bertz CT molecular complexity index is 553. The molecule has 0 unspecified atom stereocenters. The lowest BCUT2D eigenvalue weighted by Gasteiger charge is -2.09. The van der Waals surface area contributed by atoms with Crippen LogP contribution in [0.3, 0.4) is 0 Å². The van der Waals surface area contributed by atoms with E-state index in [1.165, 1.54) is 0 Å². The van der Waals surface area contributed by atoms with Gasteiger partial charge in [-0.1, -0.05) is 19.1 Å². The van der Waals surface area contributed by atoms with E-state index in [1.807, 2.05) is 24.3 Å². The summed E-state index contributed by atoms with van der Waals surface area (Å²) in [6.07, 6.45) is 1.74. The molecule has 0 saturated heterocycles. The van der Waals surface area contributed by atoms with Crippen molar-refractivity contribution in [3.8, 4) is 0 Å². The molecule has 2 rings (SSSR count). The number of H-pyrrole nitrogens is 1. The normalized spacial score (nSPS) is 10.3. The highest BCUT2D eigenvalue weighted by Gasteiger charge is 2.10. The van der Waals surface area contributed by atoms with Crippen LogP contribution < -0.4 is 5.32 Å². The summed E-state index contributed by atoms with van der Waals surface area (Å²) in [6, 6.07) is 9.56. The van der Waals surface area contributed by atoms with E-state index < -0.39 is 0 Å². The maximum Gasteiger partial charge on any atom is 0.272 e. The van der Waals surface area contributed by atoms with E-state index >= 15 is 0 Å². The molecule has 3 nitrogen and oxygen atoms in total. The highest BCUT2D eigenvalue weighted by atomic mass is 79.9. The zero-order valence-electron chi connectivity index (χ0n) is 9.87. The maximum atomic E-state index is 12.0. The molecule has 1 aromatic carbocycles. The van der Waals surface area contributed by atoms with Crippen LogP contribution in [-0.2, 0) is 0 Å². The summed E-state index contributed by atoms with van der Waals surface area (Å²) in [5.41, 5.74) is 1.39. The van der Waals surface area contributed by atoms with Crippen LogP contribution in [0.15, 0.2) is 45.9 Å². The Balaban J connectivity index is 2.16. The van der Waals surface area contributed by atoms with Crippen LogP contribution >= 0.6 is 27.7 Å². The number of halogens is 1. The minimum absolute atomic E-state index is 0.134. The molecule has 2 aromatic rings. The Morgan fingerprint density at radius 1 is 1.44 bits per heavy atom. The van der Waals surface area contributed by atoms with E-state index in [1.54, 1.807) is 24.0 Å². The summed E-state index contributed by atoms with van der Waals surface area (Å²) in [6.45, 7) is 2.09. The highest BCUT2D eigenvalue weighted by Crippen LogP contribution is 2.27. The average Bonchev–Trinajstić information content (AvgIpc) is 2.79. The van der Waals surface area contributed by atoms with E-state index in [9.17, 15) is 4.79 Å². The van der Waals surface area contributed by atoms with Crippen LogP contribution in [-0.4, -0.2) is 16.6 Å². The number of thioether (sulfide) groups is 1. The van der Waals surface area contributed by atoms with Crippen molar-refractivity contribution < 1.29 is 4.79 Å². The Labute approximate surface area is 118 Å². The first kappa shape index (κ1) is 13.2. The molecule has 0 aliphatic carbocycles. The monoisotopic (exact) mass is 324 g/mol. The number of hydrogen-bond acceptors (Lipinski definition) is 2. The second-order valence-corrected chi connectivity index (χ2v) is 5.84. The fourth-order valence-electron chi connectivity index (χ4n) is 1.54. The predicted octanol–water partition coefficient (Wildman–Crippen LogP) is 4.14. The van der Waals surface area contributed by atoms with Crippen LogP contribution in [0.1, 0.15) is 17.4 Å². The topological polar surface area (TPSA) is 44.9 Å². The zero-order chi connectivity index (χ0) is 13.0. The van der Waals surface area contributed by atoms with Crippen LogP contribution in [0.2, 0.25) is 0 Å². The largest absolute Gasteiger partial charge is 0.356 e. The van der Waals surface area contributed by atoms with E-state index in [4.69, 9.17) is 0 Å². The summed E-state index contributed by atoms with van der Waals surface area (Å²) in [4.78, 5) is 16.0. The molecule has 5 heteroatoms. The summed E-state index contributed by atoms with van der Waals surface area (Å²) in [7, 11) is 0.